The van der Waals surface area contributed by atoms with E-state index in [9.17, 15) is 9.90 Å². The zero-order chi connectivity index (χ0) is 8.43. The summed E-state index contributed by atoms with van der Waals surface area (Å²) in [4.78, 5) is 14.3. The molecule has 0 aromatic carbocycles. The van der Waals surface area contributed by atoms with E-state index in [4.69, 9.17) is 0 Å². The predicted molar refractivity (Wildman–Crippen MR) is 36.6 cm³/mol. The Hall–Kier alpha value is -1.03. The van der Waals surface area contributed by atoms with E-state index in [2.05, 4.69) is 4.98 Å². The number of carboxylic acid groups (broad SMARTS) is 1. The van der Waals surface area contributed by atoms with Gasteiger partial charge >= 0.3 is 12.4 Å². The van der Waals surface area contributed by atoms with Gasteiger partial charge in [0.1, 0.15) is 5.82 Å². The molecule has 1 atom stereocenters. The molecule has 66 valence electrons. The molecule has 0 aliphatic rings. The van der Waals surface area contributed by atoms with Gasteiger partial charge in [-0.05, 0) is 0 Å². The molecule has 0 amide bonds. The minimum atomic E-state index is -1.10. The number of hydrogen-bond acceptors (Lipinski definition) is 3. The Kier molecular flexibility index (Phi) is 3.76. The number of carboxylic acids is 1. The number of carbonyl (C=O) groups is 1. The highest BCUT2D eigenvalue weighted by atomic mass is 35.5. The maximum atomic E-state index is 10.4. The molecule has 1 unspecified atom stereocenters. The van der Waals surface area contributed by atoms with Crippen molar-refractivity contribution in [2.24, 2.45) is 7.05 Å². The van der Waals surface area contributed by atoms with Crippen LogP contribution >= 0.6 is 0 Å². The van der Waals surface area contributed by atoms with E-state index in [1.807, 2.05) is 0 Å². The van der Waals surface area contributed by atoms with Gasteiger partial charge in [-0.3, -0.25) is 0 Å². The fourth-order valence-electron chi connectivity index (χ4n) is 0.900. The van der Waals surface area contributed by atoms with E-state index in [-0.39, 0.29) is 12.4 Å². The SMILES string of the molecule is CC(C(=O)[O-])c1nccn1C.[Cl+]. The standard InChI is InChI=1S/C7H10N2O2.Cl/c1-5(7(10)11)6-8-3-4-9(6)2;/h3-5H,1-2H3,(H,10,11);/q;+1/p-1. The molecular weight excluding hydrogens is 180 g/mol. The summed E-state index contributed by atoms with van der Waals surface area (Å²) in [6, 6.07) is 0. The number of hydrogen-bond donors (Lipinski definition) is 0. The molecule has 1 rings (SSSR count). The third-order valence-corrected chi connectivity index (χ3v) is 1.60. The topological polar surface area (TPSA) is 57.9 Å². The molecule has 0 saturated carbocycles. The molecule has 2 radical (unpaired) electrons. The largest absolute Gasteiger partial charge is 1.00 e. The summed E-state index contributed by atoms with van der Waals surface area (Å²) >= 11 is 0. The van der Waals surface area contributed by atoms with Crippen LogP contribution in [-0.2, 0) is 11.8 Å². The van der Waals surface area contributed by atoms with Gasteiger partial charge in [0.15, 0.2) is 0 Å². The van der Waals surface area contributed by atoms with E-state index in [0.29, 0.717) is 5.82 Å². The summed E-state index contributed by atoms with van der Waals surface area (Å²) in [5.41, 5.74) is 0. The lowest BCUT2D eigenvalue weighted by atomic mass is 10.2. The second kappa shape index (κ2) is 4.11. The summed E-state index contributed by atoms with van der Waals surface area (Å²) in [7, 11) is 1.75. The van der Waals surface area contributed by atoms with Crippen LogP contribution in [0.2, 0.25) is 0 Å². The highest BCUT2D eigenvalue weighted by Gasteiger charge is 2.09. The number of imidazole rings is 1. The Morgan fingerprint density at radius 1 is 1.75 bits per heavy atom. The van der Waals surface area contributed by atoms with Crippen molar-refractivity contribution < 1.29 is 22.3 Å². The van der Waals surface area contributed by atoms with Crippen LogP contribution in [0.1, 0.15) is 18.7 Å². The fourth-order valence-corrected chi connectivity index (χ4v) is 0.900. The monoisotopic (exact) mass is 188 g/mol. The highest BCUT2D eigenvalue weighted by molar-refractivity contribution is 5.72. The van der Waals surface area contributed by atoms with Crippen LogP contribution in [0.5, 0.6) is 0 Å². The number of aromatic nitrogens is 2. The van der Waals surface area contributed by atoms with Gasteiger partial charge in [-0.15, -0.1) is 0 Å². The lowest BCUT2D eigenvalue weighted by Gasteiger charge is -2.11. The maximum absolute atomic E-state index is 10.4. The van der Waals surface area contributed by atoms with Crippen molar-refractivity contribution in [2.45, 2.75) is 12.8 Å². The Labute approximate surface area is 76.6 Å². The lowest BCUT2D eigenvalue weighted by Crippen LogP contribution is -2.29. The van der Waals surface area contributed by atoms with Gasteiger partial charge in [-0.25, -0.2) is 4.98 Å². The normalized spacial score (nSPS) is 11.8. The molecule has 1 heterocycles. The van der Waals surface area contributed by atoms with Gasteiger partial charge in [0.2, 0.25) is 0 Å². The minimum Gasteiger partial charge on any atom is -0.549 e. The summed E-state index contributed by atoms with van der Waals surface area (Å²) in [5, 5.41) is 10.4. The first-order valence-electron chi connectivity index (χ1n) is 3.31. The Balaban J connectivity index is 0.00000121. The fraction of sp³-hybridized carbons (Fsp3) is 0.429. The second-order valence-electron chi connectivity index (χ2n) is 2.44. The van der Waals surface area contributed by atoms with Crippen molar-refractivity contribution in [3.63, 3.8) is 0 Å². The molecule has 12 heavy (non-hydrogen) atoms. The van der Waals surface area contributed by atoms with Crippen LogP contribution in [0.25, 0.3) is 0 Å². The van der Waals surface area contributed by atoms with E-state index in [1.54, 1.807) is 30.9 Å². The number of halogens is 1. The molecule has 5 heteroatoms. The molecule has 1 aromatic rings. The average molecular weight is 189 g/mol. The van der Waals surface area contributed by atoms with Crippen LogP contribution in [0.15, 0.2) is 12.4 Å². The summed E-state index contributed by atoms with van der Waals surface area (Å²) in [5.74, 6) is -1.22. The molecule has 0 bridgehead atoms. The smallest absolute Gasteiger partial charge is 0.549 e. The van der Waals surface area contributed by atoms with E-state index in [0.717, 1.165) is 0 Å². The Morgan fingerprint density at radius 2 is 2.33 bits per heavy atom. The third-order valence-electron chi connectivity index (χ3n) is 1.60. The van der Waals surface area contributed by atoms with Gasteiger partial charge in [0.05, 0.1) is 11.9 Å². The van der Waals surface area contributed by atoms with Gasteiger partial charge in [0.25, 0.3) is 0 Å². The van der Waals surface area contributed by atoms with E-state index < -0.39 is 11.9 Å². The first-order valence-corrected chi connectivity index (χ1v) is 3.31. The van der Waals surface area contributed by atoms with Crippen LogP contribution in [0.3, 0.4) is 0 Å². The Morgan fingerprint density at radius 3 is 2.67 bits per heavy atom. The highest BCUT2D eigenvalue weighted by Crippen LogP contribution is 2.09. The lowest BCUT2D eigenvalue weighted by molar-refractivity contribution is -0.307. The minimum absolute atomic E-state index is 0. The zero-order valence-electron chi connectivity index (χ0n) is 6.82. The van der Waals surface area contributed by atoms with Crippen molar-refractivity contribution in [3.8, 4) is 0 Å². The van der Waals surface area contributed by atoms with Gasteiger partial charge in [-0.1, -0.05) is 6.92 Å². The van der Waals surface area contributed by atoms with Crippen LogP contribution in [-0.4, -0.2) is 15.5 Å². The predicted octanol–water partition coefficient (Wildman–Crippen LogP) is -0.727. The van der Waals surface area contributed by atoms with Gasteiger partial charge in [-0.2, -0.15) is 0 Å². The molecule has 0 spiro atoms. The van der Waals surface area contributed by atoms with Crippen LogP contribution < -0.4 is 5.11 Å². The number of nitrogens with zero attached hydrogens (tertiary/aromatic N) is 2. The first kappa shape index (κ1) is 11.0. The number of aryl methyl sites for hydroxylation is 1. The van der Waals surface area contributed by atoms with Crippen LogP contribution in [0.4, 0.5) is 0 Å². The zero-order valence-corrected chi connectivity index (χ0v) is 7.58. The quantitative estimate of drug-likeness (QED) is 0.615. The van der Waals surface area contributed by atoms with E-state index in [1.165, 1.54) is 0 Å². The maximum Gasteiger partial charge on any atom is 1.00 e. The van der Waals surface area contributed by atoms with Gasteiger partial charge in [0, 0.05) is 19.4 Å². The number of rotatable bonds is 2. The molecule has 0 aliphatic heterocycles. The Bertz CT molecular complexity index is 272. The van der Waals surface area contributed by atoms with Crippen molar-refractivity contribution in [3.05, 3.63) is 18.2 Å². The molecule has 4 nitrogen and oxygen atoms in total. The van der Waals surface area contributed by atoms with Crippen molar-refractivity contribution in [2.75, 3.05) is 0 Å². The molecule has 1 aromatic heterocycles. The first-order chi connectivity index (χ1) is 5.13. The van der Waals surface area contributed by atoms with E-state index >= 15 is 0 Å². The van der Waals surface area contributed by atoms with Crippen LogP contribution in [0, 0.1) is 12.4 Å². The molecule has 0 saturated heterocycles. The second-order valence-corrected chi connectivity index (χ2v) is 2.44. The third kappa shape index (κ3) is 1.98. The molecule has 0 fully saturated rings. The van der Waals surface area contributed by atoms with Gasteiger partial charge < -0.3 is 14.5 Å². The number of carbonyl (C=O) groups excluding carboxylic acids is 1. The van der Waals surface area contributed by atoms with Crippen molar-refractivity contribution in [1.29, 1.82) is 0 Å². The average Bonchev–Trinajstić information content (AvgIpc) is 2.33. The molecule has 0 N–H and O–H groups in total. The van der Waals surface area contributed by atoms with Crippen molar-refractivity contribution >= 4 is 5.97 Å². The summed E-state index contributed by atoms with van der Waals surface area (Å²) in [6.45, 7) is 1.55. The molecule has 0 aliphatic carbocycles. The van der Waals surface area contributed by atoms with Crippen molar-refractivity contribution in [1.82, 2.24) is 9.55 Å². The number of aliphatic carboxylic acids is 1. The summed E-state index contributed by atoms with van der Waals surface area (Å²) in [6.07, 6.45) is 3.27. The molecular formula is C7H9ClN2O2. The summed E-state index contributed by atoms with van der Waals surface area (Å²) < 4.78 is 1.67.